The number of rotatable bonds is 4. The zero-order valence-corrected chi connectivity index (χ0v) is 14.8. The molecule has 2 aromatic heterocycles. The first kappa shape index (κ1) is 15.9. The van der Waals surface area contributed by atoms with Crippen molar-refractivity contribution < 1.29 is 9.53 Å². The molecule has 1 atom stereocenters. The SMILES string of the molecule is COc1cccc([C@H]2CCCN2C(=O)c2cc(-c3ccsc3)n[nH]2)c1. The molecule has 1 fully saturated rings. The Labute approximate surface area is 150 Å². The number of methoxy groups -OCH3 is 1. The minimum Gasteiger partial charge on any atom is -0.497 e. The summed E-state index contributed by atoms with van der Waals surface area (Å²) >= 11 is 1.62. The van der Waals surface area contributed by atoms with Crippen LogP contribution in [-0.4, -0.2) is 34.7 Å². The van der Waals surface area contributed by atoms with E-state index in [2.05, 4.69) is 16.3 Å². The fourth-order valence-electron chi connectivity index (χ4n) is 3.35. The molecule has 0 aliphatic carbocycles. The molecule has 1 aliphatic heterocycles. The van der Waals surface area contributed by atoms with E-state index in [1.54, 1.807) is 18.4 Å². The number of nitrogens with one attached hydrogen (secondary N) is 1. The number of thiophene rings is 1. The van der Waals surface area contributed by atoms with Crippen molar-refractivity contribution in [3.05, 3.63) is 58.4 Å². The molecule has 0 spiro atoms. The first-order valence-corrected chi connectivity index (χ1v) is 9.23. The average Bonchev–Trinajstić information content (AvgIpc) is 3.41. The molecule has 128 valence electrons. The normalized spacial score (nSPS) is 17.0. The number of nitrogens with zero attached hydrogens (tertiary/aromatic N) is 2. The van der Waals surface area contributed by atoms with Gasteiger partial charge in [-0.25, -0.2) is 0 Å². The molecular weight excluding hydrogens is 334 g/mol. The molecule has 1 amide bonds. The van der Waals surface area contributed by atoms with Crippen LogP contribution in [0.25, 0.3) is 11.3 Å². The van der Waals surface area contributed by atoms with Gasteiger partial charge in [0.15, 0.2) is 0 Å². The van der Waals surface area contributed by atoms with Crippen molar-refractivity contribution in [1.29, 1.82) is 0 Å². The lowest BCUT2D eigenvalue weighted by molar-refractivity contribution is 0.0729. The number of aromatic amines is 1. The molecule has 25 heavy (non-hydrogen) atoms. The van der Waals surface area contributed by atoms with E-state index in [0.29, 0.717) is 5.69 Å². The third kappa shape index (κ3) is 3.05. The van der Waals surface area contributed by atoms with Gasteiger partial charge in [0.2, 0.25) is 0 Å². The Bertz CT molecular complexity index is 872. The number of hydrogen-bond donors (Lipinski definition) is 1. The quantitative estimate of drug-likeness (QED) is 0.767. The van der Waals surface area contributed by atoms with Gasteiger partial charge in [-0.05, 0) is 48.1 Å². The number of benzene rings is 1. The predicted molar refractivity (Wildman–Crippen MR) is 97.9 cm³/mol. The van der Waals surface area contributed by atoms with Crippen LogP contribution in [0.4, 0.5) is 0 Å². The highest BCUT2D eigenvalue weighted by Gasteiger charge is 2.31. The maximum Gasteiger partial charge on any atom is 0.272 e. The Balaban J connectivity index is 1.58. The molecule has 1 saturated heterocycles. The van der Waals surface area contributed by atoms with E-state index in [-0.39, 0.29) is 11.9 Å². The number of hydrogen-bond acceptors (Lipinski definition) is 4. The number of H-pyrrole nitrogens is 1. The number of carbonyl (C=O) groups is 1. The van der Waals surface area contributed by atoms with Crippen LogP contribution >= 0.6 is 11.3 Å². The number of carbonyl (C=O) groups excluding carboxylic acids is 1. The van der Waals surface area contributed by atoms with Crippen molar-refractivity contribution in [3.63, 3.8) is 0 Å². The zero-order chi connectivity index (χ0) is 17.2. The molecule has 0 unspecified atom stereocenters. The highest BCUT2D eigenvalue weighted by Crippen LogP contribution is 2.34. The Hall–Kier alpha value is -2.60. The lowest BCUT2D eigenvalue weighted by atomic mass is 10.0. The first-order valence-electron chi connectivity index (χ1n) is 8.29. The van der Waals surface area contributed by atoms with E-state index in [1.807, 2.05) is 46.0 Å². The van der Waals surface area contributed by atoms with Crippen LogP contribution in [0.15, 0.2) is 47.2 Å². The van der Waals surface area contributed by atoms with Crippen LogP contribution in [0.3, 0.4) is 0 Å². The fraction of sp³-hybridized carbons (Fsp3) is 0.263. The van der Waals surface area contributed by atoms with Crippen LogP contribution in [0.1, 0.15) is 34.9 Å². The Kier molecular flexibility index (Phi) is 4.28. The monoisotopic (exact) mass is 353 g/mol. The van der Waals surface area contributed by atoms with E-state index in [1.165, 1.54) is 0 Å². The molecule has 1 N–H and O–H groups in total. The molecular formula is C19H19N3O2S. The summed E-state index contributed by atoms with van der Waals surface area (Å²) in [5.74, 6) is 0.817. The largest absolute Gasteiger partial charge is 0.497 e. The molecule has 0 radical (unpaired) electrons. The van der Waals surface area contributed by atoms with Crippen LogP contribution in [-0.2, 0) is 0 Å². The summed E-state index contributed by atoms with van der Waals surface area (Å²) in [4.78, 5) is 14.9. The molecule has 3 heterocycles. The average molecular weight is 353 g/mol. The van der Waals surface area contributed by atoms with Crippen molar-refractivity contribution in [3.8, 4) is 17.0 Å². The fourth-order valence-corrected chi connectivity index (χ4v) is 4.00. The topological polar surface area (TPSA) is 58.2 Å². The second-order valence-electron chi connectivity index (χ2n) is 6.11. The Morgan fingerprint density at radius 2 is 2.28 bits per heavy atom. The van der Waals surface area contributed by atoms with Crippen LogP contribution in [0, 0.1) is 0 Å². The van der Waals surface area contributed by atoms with Gasteiger partial charge in [-0.15, -0.1) is 0 Å². The summed E-state index contributed by atoms with van der Waals surface area (Å²) in [6, 6.07) is 11.9. The predicted octanol–water partition coefficient (Wildman–Crippen LogP) is 4.12. The second kappa shape index (κ2) is 6.72. The van der Waals surface area contributed by atoms with Crippen LogP contribution in [0.2, 0.25) is 0 Å². The summed E-state index contributed by atoms with van der Waals surface area (Å²) < 4.78 is 5.32. The standard InChI is InChI=1S/C19H19N3O2S/c1-24-15-5-2-4-13(10-15)18-6-3-8-22(18)19(23)17-11-16(20-21-17)14-7-9-25-12-14/h2,4-5,7,9-12,18H,3,6,8H2,1H3,(H,20,21)/t18-/m1/s1. The summed E-state index contributed by atoms with van der Waals surface area (Å²) in [6.45, 7) is 0.757. The minimum absolute atomic E-state index is 0.000649. The van der Waals surface area contributed by atoms with Gasteiger partial charge in [0, 0.05) is 17.5 Å². The molecule has 0 saturated carbocycles. The summed E-state index contributed by atoms with van der Waals surface area (Å²) in [5, 5.41) is 11.2. The highest BCUT2D eigenvalue weighted by molar-refractivity contribution is 7.08. The van der Waals surface area contributed by atoms with Gasteiger partial charge in [0.1, 0.15) is 11.4 Å². The molecule has 0 bridgehead atoms. The van der Waals surface area contributed by atoms with Crippen LogP contribution < -0.4 is 4.74 Å². The van der Waals surface area contributed by atoms with E-state index < -0.39 is 0 Å². The van der Waals surface area contributed by atoms with E-state index >= 15 is 0 Å². The molecule has 1 aromatic carbocycles. The van der Waals surface area contributed by atoms with E-state index in [0.717, 1.165) is 42.0 Å². The van der Waals surface area contributed by atoms with Gasteiger partial charge in [-0.3, -0.25) is 9.89 Å². The number of ether oxygens (including phenoxy) is 1. The van der Waals surface area contributed by atoms with Gasteiger partial charge >= 0.3 is 0 Å². The van der Waals surface area contributed by atoms with E-state index in [9.17, 15) is 4.79 Å². The maximum absolute atomic E-state index is 13.0. The molecule has 4 rings (SSSR count). The van der Waals surface area contributed by atoms with Crippen molar-refractivity contribution in [1.82, 2.24) is 15.1 Å². The molecule has 6 heteroatoms. The summed E-state index contributed by atoms with van der Waals surface area (Å²) in [5.41, 5.74) is 3.49. The number of aromatic nitrogens is 2. The zero-order valence-electron chi connectivity index (χ0n) is 13.9. The Morgan fingerprint density at radius 3 is 3.08 bits per heavy atom. The number of likely N-dealkylation sites (tertiary alicyclic amines) is 1. The van der Waals surface area contributed by atoms with Gasteiger partial charge < -0.3 is 9.64 Å². The molecule has 3 aromatic rings. The van der Waals surface area contributed by atoms with E-state index in [4.69, 9.17) is 4.74 Å². The lowest BCUT2D eigenvalue weighted by Crippen LogP contribution is -2.30. The highest BCUT2D eigenvalue weighted by atomic mass is 32.1. The molecule has 1 aliphatic rings. The number of amides is 1. The minimum atomic E-state index is -0.000649. The van der Waals surface area contributed by atoms with Gasteiger partial charge in [0.25, 0.3) is 5.91 Å². The van der Waals surface area contributed by atoms with Gasteiger partial charge in [0.05, 0.1) is 18.8 Å². The third-order valence-corrected chi connectivity index (χ3v) is 5.30. The van der Waals surface area contributed by atoms with Crippen LogP contribution in [0.5, 0.6) is 5.75 Å². The van der Waals surface area contributed by atoms with Crippen molar-refractivity contribution in [2.24, 2.45) is 0 Å². The smallest absolute Gasteiger partial charge is 0.272 e. The Morgan fingerprint density at radius 1 is 1.36 bits per heavy atom. The van der Waals surface area contributed by atoms with Crippen molar-refractivity contribution in [2.75, 3.05) is 13.7 Å². The summed E-state index contributed by atoms with van der Waals surface area (Å²) in [7, 11) is 1.66. The summed E-state index contributed by atoms with van der Waals surface area (Å²) in [6.07, 6.45) is 1.96. The van der Waals surface area contributed by atoms with Crippen molar-refractivity contribution >= 4 is 17.2 Å². The van der Waals surface area contributed by atoms with Crippen molar-refractivity contribution in [2.45, 2.75) is 18.9 Å². The second-order valence-corrected chi connectivity index (χ2v) is 6.89. The maximum atomic E-state index is 13.0. The van der Waals surface area contributed by atoms with Gasteiger partial charge in [-0.1, -0.05) is 12.1 Å². The van der Waals surface area contributed by atoms with Gasteiger partial charge in [-0.2, -0.15) is 16.4 Å². The third-order valence-electron chi connectivity index (χ3n) is 4.62. The lowest BCUT2D eigenvalue weighted by Gasteiger charge is -2.24. The first-order chi connectivity index (χ1) is 12.3. The molecule has 5 nitrogen and oxygen atoms in total.